The van der Waals surface area contributed by atoms with Crippen LogP contribution < -0.4 is 11.5 Å². The maximum Gasteiger partial charge on any atom is 0.0334 e. The first-order valence-corrected chi connectivity index (χ1v) is 5.03. The minimum absolute atomic E-state index is 0.138. The smallest absolute Gasteiger partial charge is 0.0334 e. The summed E-state index contributed by atoms with van der Waals surface area (Å²) in [6.07, 6.45) is 0. The molecule has 1 aromatic carbocycles. The van der Waals surface area contributed by atoms with Crippen molar-refractivity contribution < 1.29 is 0 Å². The minimum Gasteiger partial charge on any atom is -0.325 e. The van der Waals surface area contributed by atoms with Crippen LogP contribution in [0.4, 0.5) is 0 Å². The Morgan fingerprint density at radius 1 is 1.07 bits per heavy atom. The van der Waals surface area contributed by atoms with Gasteiger partial charge < -0.3 is 11.5 Å². The Kier molecular flexibility index (Phi) is 2.82. The van der Waals surface area contributed by atoms with Gasteiger partial charge >= 0.3 is 0 Å². The van der Waals surface area contributed by atoms with Crippen molar-refractivity contribution in [2.24, 2.45) is 11.5 Å². The fraction of sp³-hybridized carbons (Fsp3) is 0.455. The topological polar surface area (TPSA) is 55.3 Å². The minimum atomic E-state index is 0.138. The van der Waals surface area contributed by atoms with Gasteiger partial charge in [-0.05, 0) is 5.56 Å². The molecule has 14 heavy (non-hydrogen) atoms. The Labute approximate surface area is 84.7 Å². The lowest BCUT2D eigenvalue weighted by Gasteiger charge is -2.14. The van der Waals surface area contributed by atoms with Gasteiger partial charge in [0.1, 0.15) is 0 Å². The van der Waals surface area contributed by atoms with Crippen molar-refractivity contribution >= 4 is 0 Å². The van der Waals surface area contributed by atoms with E-state index in [1.54, 1.807) is 0 Å². The quantitative estimate of drug-likeness (QED) is 0.700. The van der Waals surface area contributed by atoms with E-state index in [9.17, 15) is 0 Å². The van der Waals surface area contributed by atoms with Crippen LogP contribution in [0.3, 0.4) is 0 Å². The van der Waals surface area contributed by atoms with Crippen LogP contribution in [0.25, 0.3) is 0 Å². The fourth-order valence-corrected chi connectivity index (χ4v) is 1.91. The van der Waals surface area contributed by atoms with E-state index < -0.39 is 0 Å². The van der Waals surface area contributed by atoms with E-state index in [-0.39, 0.29) is 12.1 Å². The van der Waals surface area contributed by atoms with E-state index in [1.165, 1.54) is 5.56 Å². The second-order valence-corrected chi connectivity index (χ2v) is 4.01. The Balaban J connectivity index is 1.94. The molecule has 3 heteroatoms. The number of nitrogens with two attached hydrogens (primary N) is 2. The van der Waals surface area contributed by atoms with Crippen LogP contribution in [0.5, 0.6) is 0 Å². The molecule has 1 saturated heterocycles. The zero-order valence-corrected chi connectivity index (χ0v) is 8.26. The van der Waals surface area contributed by atoms with E-state index in [4.69, 9.17) is 11.5 Å². The molecule has 0 radical (unpaired) electrons. The molecule has 76 valence electrons. The molecular weight excluding hydrogens is 174 g/mol. The van der Waals surface area contributed by atoms with Gasteiger partial charge in [-0.1, -0.05) is 30.3 Å². The van der Waals surface area contributed by atoms with Crippen molar-refractivity contribution in [1.29, 1.82) is 0 Å². The molecule has 0 spiro atoms. The van der Waals surface area contributed by atoms with Gasteiger partial charge in [-0.25, -0.2) is 0 Å². The first-order chi connectivity index (χ1) is 6.75. The normalized spacial score (nSPS) is 28.1. The molecule has 0 aliphatic carbocycles. The van der Waals surface area contributed by atoms with Crippen molar-refractivity contribution in [3.8, 4) is 0 Å². The fourth-order valence-electron chi connectivity index (χ4n) is 1.91. The first kappa shape index (κ1) is 9.65. The standard InChI is InChI=1S/C11H17N3/c12-10-7-14(8-11(10)13)6-9-4-2-1-3-5-9/h1-5,10-11H,6-8,12-13H2/t10-,11-/m1/s1. The zero-order valence-electron chi connectivity index (χ0n) is 8.26. The number of hydrogen-bond acceptors (Lipinski definition) is 3. The Morgan fingerprint density at radius 3 is 2.21 bits per heavy atom. The molecule has 1 heterocycles. The zero-order chi connectivity index (χ0) is 9.97. The molecule has 0 amide bonds. The van der Waals surface area contributed by atoms with Crippen molar-refractivity contribution in [1.82, 2.24) is 4.90 Å². The molecule has 2 rings (SSSR count). The van der Waals surface area contributed by atoms with Gasteiger partial charge in [0.25, 0.3) is 0 Å². The lowest BCUT2D eigenvalue weighted by Crippen LogP contribution is -2.39. The Morgan fingerprint density at radius 2 is 1.64 bits per heavy atom. The van der Waals surface area contributed by atoms with Gasteiger partial charge in [0.05, 0.1) is 0 Å². The summed E-state index contributed by atoms with van der Waals surface area (Å²) in [6, 6.07) is 10.7. The summed E-state index contributed by atoms with van der Waals surface area (Å²) >= 11 is 0. The van der Waals surface area contributed by atoms with Crippen LogP contribution in [-0.4, -0.2) is 30.1 Å². The van der Waals surface area contributed by atoms with Gasteiger partial charge in [0.2, 0.25) is 0 Å². The Bertz CT molecular complexity index is 276. The van der Waals surface area contributed by atoms with E-state index in [2.05, 4.69) is 29.2 Å². The monoisotopic (exact) mass is 191 g/mol. The molecule has 0 unspecified atom stereocenters. The molecule has 0 saturated carbocycles. The van der Waals surface area contributed by atoms with Gasteiger partial charge in [0.15, 0.2) is 0 Å². The molecule has 2 atom stereocenters. The van der Waals surface area contributed by atoms with Crippen LogP contribution in [0.15, 0.2) is 30.3 Å². The first-order valence-electron chi connectivity index (χ1n) is 5.03. The number of benzene rings is 1. The third-order valence-electron chi connectivity index (χ3n) is 2.74. The second kappa shape index (κ2) is 4.09. The van der Waals surface area contributed by atoms with E-state index in [0.29, 0.717) is 0 Å². The highest BCUT2D eigenvalue weighted by atomic mass is 15.2. The summed E-state index contributed by atoms with van der Waals surface area (Å²) in [5, 5.41) is 0. The van der Waals surface area contributed by atoms with Gasteiger partial charge in [0, 0.05) is 31.7 Å². The molecule has 1 aliphatic heterocycles. The van der Waals surface area contributed by atoms with Crippen molar-refractivity contribution in [3.63, 3.8) is 0 Å². The van der Waals surface area contributed by atoms with Crippen LogP contribution in [0, 0.1) is 0 Å². The number of hydrogen-bond donors (Lipinski definition) is 2. The maximum atomic E-state index is 5.86. The second-order valence-electron chi connectivity index (χ2n) is 4.01. The molecule has 1 aromatic rings. The number of likely N-dealkylation sites (tertiary alicyclic amines) is 1. The largest absolute Gasteiger partial charge is 0.325 e. The van der Waals surface area contributed by atoms with Gasteiger partial charge in [-0.15, -0.1) is 0 Å². The number of rotatable bonds is 2. The van der Waals surface area contributed by atoms with Crippen molar-refractivity contribution in [2.75, 3.05) is 13.1 Å². The summed E-state index contributed by atoms with van der Waals surface area (Å²) in [6.45, 7) is 2.79. The molecule has 1 fully saturated rings. The molecule has 1 aliphatic rings. The van der Waals surface area contributed by atoms with E-state index in [1.807, 2.05) is 6.07 Å². The van der Waals surface area contributed by atoms with Gasteiger partial charge in [-0.3, -0.25) is 4.90 Å². The van der Waals surface area contributed by atoms with E-state index >= 15 is 0 Å². The number of nitrogens with zero attached hydrogens (tertiary/aromatic N) is 1. The highest BCUT2D eigenvalue weighted by Crippen LogP contribution is 2.11. The van der Waals surface area contributed by atoms with E-state index in [0.717, 1.165) is 19.6 Å². The predicted octanol–water partition coefficient (Wildman–Crippen LogP) is 0.157. The molecule has 0 bridgehead atoms. The SMILES string of the molecule is N[C@@H]1CN(Cc2ccccc2)C[C@H]1N. The van der Waals surface area contributed by atoms with Crippen LogP contribution >= 0.6 is 0 Å². The summed E-state index contributed by atoms with van der Waals surface area (Å²) < 4.78 is 0. The highest BCUT2D eigenvalue weighted by Gasteiger charge is 2.26. The van der Waals surface area contributed by atoms with Crippen LogP contribution in [0.2, 0.25) is 0 Å². The van der Waals surface area contributed by atoms with Crippen molar-refractivity contribution in [2.45, 2.75) is 18.6 Å². The van der Waals surface area contributed by atoms with Crippen LogP contribution in [0.1, 0.15) is 5.56 Å². The summed E-state index contributed by atoms with van der Waals surface area (Å²) in [4.78, 5) is 2.31. The lowest BCUT2D eigenvalue weighted by molar-refractivity contribution is 0.324. The third kappa shape index (κ3) is 2.12. The maximum absolute atomic E-state index is 5.86. The summed E-state index contributed by atoms with van der Waals surface area (Å²) in [7, 11) is 0. The lowest BCUT2D eigenvalue weighted by atomic mass is 10.2. The average Bonchev–Trinajstić information content (AvgIpc) is 2.47. The third-order valence-corrected chi connectivity index (χ3v) is 2.74. The predicted molar refractivity (Wildman–Crippen MR) is 57.7 cm³/mol. The molecule has 0 aromatic heterocycles. The van der Waals surface area contributed by atoms with Gasteiger partial charge in [-0.2, -0.15) is 0 Å². The molecule has 4 N–H and O–H groups in total. The Hall–Kier alpha value is -0.900. The molecular formula is C11H17N3. The summed E-state index contributed by atoms with van der Waals surface area (Å²) in [5.41, 5.74) is 13.0. The molecule has 3 nitrogen and oxygen atoms in total. The average molecular weight is 191 g/mol. The van der Waals surface area contributed by atoms with Crippen molar-refractivity contribution in [3.05, 3.63) is 35.9 Å². The highest BCUT2D eigenvalue weighted by molar-refractivity contribution is 5.14. The van der Waals surface area contributed by atoms with Crippen LogP contribution in [-0.2, 0) is 6.54 Å². The summed E-state index contributed by atoms with van der Waals surface area (Å²) in [5.74, 6) is 0.